The van der Waals surface area contributed by atoms with Gasteiger partial charge in [-0.2, -0.15) is 5.26 Å². The molecule has 7 nitrogen and oxygen atoms in total. The van der Waals surface area contributed by atoms with Crippen molar-refractivity contribution in [2.45, 2.75) is 18.9 Å². The predicted molar refractivity (Wildman–Crippen MR) is 67.5 cm³/mol. The number of amides is 1. The monoisotopic (exact) mass is 260 g/mol. The molecule has 1 fully saturated rings. The van der Waals surface area contributed by atoms with E-state index in [1.807, 2.05) is 6.07 Å². The number of nitro groups is 1. The summed E-state index contributed by atoms with van der Waals surface area (Å²) in [7, 11) is 0. The first-order valence-corrected chi connectivity index (χ1v) is 5.84. The average Bonchev–Trinajstić information content (AvgIpc) is 2.92. The second kappa shape index (κ2) is 5.46. The molecule has 1 heterocycles. The minimum atomic E-state index is -0.613. The molecule has 0 aliphatic carbocycles. The molecule has 0 radical (unpaired) electrons. The summed E-state index contributed by atoms with van der Waals surface area (Å²) in [5, 5.41) is 25.2. The maximum Gasteiger partial charge on any atom is 0.294 e. The van der Waals surface area contributed by atoms with Crippen molar-refractivity contribution in [1.82, 2.24) is 5.32 Å². The van der Waals surface area contributed by atoms with Crippen molar-refractivity contribution in [3.8, 4) is 6.07 Å². The highest BCUT2D eigenvalue weighted by Gasteiger charge is 2.24. The highest BCUT2D eigenvalue weighted by atomic mass is 16.6. The summed E-state index contributed by atoms with van der Waals surface area (Å²) in [6.45, 7) is 0.771. The lowest BCUT2D eigenvalue weighted by Crippen LogP contribution is -2.35. The van der Waals surface area contributed by atoms with Gasteiger partial charge in [0.2, 0.25) is 5.91 Å². The van der Waals surface area contributed by atoms with E-state index in [1.165, 1.54) is 12.1 Å². The molecule has 1 atom stereocenters. The maximum atomic E-state index is 11.9. The Morgan fingerprint density at radius 3 is 2.95 bits per heavy atom. The number of carbonyl (C=O) groups is 1. The van der Waals surface area contributed by atoms with Crippen molar-refractivity contribution in [1.29, 1.82) is 5.26 Å². The van der Waals surface area contributed by atoms with E-state index in [9.17, 15) is 14.9 Å². The zero-order chi connectivity index (χ0) is 13.8. The maximum absolute atomic E-state index is 11.9. The SMILES string of the molecule is N#Cc1ccc(NC(=O)[C@H]2CCCN2)c([N+](=O)[O-])c1. The van der Waals surface area contributed by atoms with E-state index < -0.39 is 4.92 Å². The number of carbonyl (C=O) groups excluding carboxylic acids is 1. The van der Waals surface area contributed by atoms with Crippen LogP contribution in [0, 0.1) is 21.4 Å². The average molecular weight is 260 g/mol. The van der Waals surface area contributed by atoms with E-state index in [1.54, 1.807) is 0 Å². The molecule has 1 aromatic carbocycles. The van der Waals surface area contributed by atoms with E-state index in [0.29, 0.717) is 0 Å². The molecular formula is C12H12N4O3. The van der Waals surface area contributed by atoms with Gasteiger partial charge in [0.1, 0.15) is 5.69 Å². The van der Waals surface area contributed by atoms with Crippen LogP contribution >= 0.6 is 0 Å². The summed E-state index contributed by atoms with van der Waals surface area (Å²) >= 11 is 0. The number of hydrogen-bond acceptors (Lipinski definition) is 5. The third-order valence-electron chi connectivity index (χ3n) is 2.96. The number of nitriles is 1. The molecular weight excluding hydrogens is 248 g/mol. The van der Waals surface area contributed by atoms with Crippen molar-refractivity contribution in [3.05, 3.63) is 33.9 Å². The number of nitrogens with zero attached hydrogens (tertiary/aromatic N) is 2. The molecule has 1 aliphatic rings. The Morgan fingerprint density at radius 1 is 1.58 bits per heavy atom. The molecule has 1 saturated heterocycles. The van der Waals surface area contributed by atoms with Crippen molar-refractivity contribution in [2.75, 3.05) is 11.9 Å². The summed E-state index contributed by atoms with van der Waals surface area (Å²) in [5.74, 6) is -0.287. The number of nitrogens with one attached hydrogen (secondary N) is 2. The number of benzene rings is 1. The lowest BCUT2D eigenvalue weighted by atomic mass is 10.1. The van der Waals surface area contributed by atoms with E-state index in [4.69, 9.17) is 5.26 Å². The topological polar surface area (TPSA) is 108 Å². The van der Waals surface area contributed by atoms with Gasteiger partial charge in [-0.15, -0.1) is 0 Å². The highest BCUT2D eigenvalue weighted by Crippen LogP contribution is 2.25. The van der Waals surface area contributed by atoms with Crippen LogP contribution < -0.4 is 10.6 Å². The fourth-order valence-electron chi connectivity index (χ4n) is 1.99. The lowest BCUT2D eigenvalue weighted by molar-refractivity contribution is -0.383. The third kappa shape index (κ3) is 2.86. The van der Waals surface area contributed by atoms with Crippen LogP contribution in [0.15, 0.2) is 18.2 Å². The van der Waals surface area contributed by atoms with Crippen LogP contribution in [-0.4, -0.2) is 23.4 Å². The standard InChI is InChI=1S/C12H12N4O3/c13-7-8-3-4-9(11(6-8)16(18)19)15-12(17)10-2-1-5-14-10/h3-4,6,10,14H,1-2,5H2,(H,15,17)/t10-/m1/s1. The number of anilines is 1. The van der Waals surface area contributed by atoms with Gasteiger partial charge >= 0.3 is 0 Å². The highest BCUT2D eigenvalue weighted by molar-refractivity contribution is 5.97. The zero-order valence-corrected chi connectivity index (χ0v) is 10.0. The molecule has 7 heteroatoms. The van der Waals surface area contributed by atoms with Crippen molar-refractivity contribution in [3.63, 3.8) is 0 Å². The van der Waals surface area contributed by atoms with Crippen LogP contribution in [0.5, 0.6) is 0 Å². The second-order valence-electron chi connectivity index (χ2n) is 4.24. The number of rotatable bonds is 3. The van der Waals surface area contributed by atoms with E-state index in [-0.39, 0.29) is 28.9 Å². The van der Waals surface area contributed by atoms with Gasteiger partial charge in [-0.1, -0.05) is 0 Å². The first kappa shape index (κ1) is 13.0. The summed E-state index contributed by atoms with van der Waals surface area (Å²) < 4.78 is 0. The minimum Gasteiger partial charge on any atom is -0.319 e. The lowest BCUT2D eigenvalue weighted by Gasteiger charge is -2.11. The Hall–Kier alpha value is -2.46. The molecule has 1 aliphatic heterocycles. The normalized spacial score (nSPS) is 17.7. The fraction of sp³-hybridized carbons (Fsp3) is 0.333. The minimum absolute atomic E-state index is 0.114. The summed E-state index contributed by atoms with van der Waals surface area (Å²) in [6.07, 6.45) is 1.63. The van der Waals surface area contributed by atoms with Gasteiger partial charge in [-0.25, -0.2) is 0 Å². The Bertz CT molecular complexity index is 559. The first-order valence-electron chi connectivity index (χ1n) is 5.84. The zero-order valence-electron chi connectivity index (χ0n) is 10.0. The van der Waals surface area contributed by atoms with Crippen molar-refractivity contribution >= 4 is 17.3 Å². The van der Waals surface area contributed by atoms with Crippen molar-refractivity contribution < 1.29 is 9.72 Å². The largest absolute Gasteiger partial charge is 0.319 e. The van der Waals surface area contributed by atoms with Crippen LogP contribution in [0.25, 0.3) is 0 Å². The van der Waals surface area contributed by atoms with Crippen LogP contribution in [-0.2, 0) is 4.79 Å². The molecule has 0 saturated carbocycles. The van der Waals surface area contributed by atoms with Crippen molar-refractivity contribution in [2.24, 2.45) is 0 Å². The first-order chi connectivity index (χ1) is 9.11. The molecule has 0 unspecified atom stereocenters. The summed E-state index contributed by atoms with van der Waals surface area (Å²) in [5.41, 5.74) is 0.0248. The van der Waals surface area contributed by atoms with E-state index in [0.717, 1.165) is 25.5 Å². The van der Waals surface area contributed by atoms with Crippen LogP contribution in [0.4, 0.5) is 11.4 Å². The van der Waals surface area contributed by atoms with Crippen LogP contribution in [0.1, 0.15) is 18.4 Å². The number of nitro benzene ring substituents is 1. The second-order valence-corrected chi connectivity index (χ2v) is 4.24. The smallest absolute Gasteiger partial charge is 0.294 e. The molecule has 0 spiro atoms. The Labute approximate surface area is 109 Å². The Kier molecular flexibility index (Phi) is 3.73. The fourth-order valence-corrected chi connectivity index (χ4v) is 1.99. The molecule has 2 rings (SSSR count). The van der Waals surface area contributed by atoms with E-state index in [2.05, 4.69) is 10.6 Å². The molecule has 0 bridgehead atoms. The van der Waals surface area contributed by atoms with Gasteiger partial charge in [-0.05, 0) is 31.5 Å². The van der Waals surface area contributed by atoms with Gasteiger partial charge in [0.25, 0.3) is 5.69 Å². The van der Waals surface area contributed by atoms with E-state index >= 15 is 0 Å². The Balaban J connectivity index is 2.22. The molecule has 1 aromatic rings. The van der Waals surface area contributed by atoms with Crippen LogP contribution in [0.3, 0.4) is 0 Å². The molecule has 2 N–H and O–H groups in total. The quantitative estimate of drug-likeness (QED) is 0.626. The van der Waals surface area contributed by atoms with Gasteiger partial charge in [0.05, 0.1) is 22.6 Å². The van der Waals surface area contributed by atoms with Crippen LogP contribution in [0.2, 0.25) is 0 Å². The van der Waals surface area contributed by atoms with Gasteiger partial charge in [0.15, 0.2) is 0 Å². The number of hydrogen-bond donors (Lipinski definition) is 2. The molecule has 98 valence electrons. The van der Waals surface area contributed by atoms with Gasteiger partial charge in [0, 0.05) is 6.07 Å². The predicted octanol–water partition coefficient (Wildman–Crippen LogP) is 1.16. The Morgan fingerprint density at radius 2 is 2.37 bits per heavy atom. The van der Waals surface area contributed by atoms with Gasteiger partial charge in [-0.3, -0.25) is 14.9 Å². The molecule has 1 amide bonds. The summed E-state index contributed by atoms with van der Waals surface area (Å²) in [4.78, 5) is 22.2. The molecule has 19 heavy (non-hydrogen) atoms. The third-order valence-corrected chi connectivity index (χ3v) is 2.96. The van der Waals surface area contributed by atoms with Gasteiger partial charge < -0.3 is 10.6 Å². The molecule has 0 aromatic heterocycles. The summed E-state index contributed by atoms with van der Waals surface area (Å²) in [6, 6.07) is 5.48.